The third-order valence-corrected chi connectivity index (χ3v) is 2.77. The van der Waals surface area contributed by atoms with E-state index in [1.165, 1.54) is 0 Å². The van der Waals surface area contributed by atoms with Crippen LogP contribution in [-0.2, 0) is 9.53 Å². The van der Waals surface area contributed by atoms with Gasteiger partial charge >= 0.3 is 0 Å². The number of hydrogen-bond donors (Lipinski definition) is 2. The first-order valence-corrected chi connectivity index (χ1v) is 7.25. The quantitative estimate of drug-likeness (QED) is 0.549. The Morgan fingerprint density at radius 3 is 2.42 bits per heavy atom. The number of aliphatic hydroxyl groups is 1. The number of hydrogen-bond acceptors (Lipinski definition) is 4. The second kappa shape index (κ2) is 11.2. The molecule has 0 aliphatic heterocycles. The van der Waals surface area contributed by atoms with Crippen LogP contribution in [0.4, 0.5) is 0 Å². The van der Waals surface area contributed by atoms with Crippen LogP contribution in [0.25, 0.3) is 0 Å². The Bertz CT molecular complexity index is 231. The van der Waals surface area contributed by atoms with Crippen molar-refractivity contribution >= 4 is 5.91 Å². The van der Waals surface area contributed by atoms with E-state index in [0.717, 1.165) is 13.1 Å². The lowest BCUT2D eigenvalue weighted by Gasteiger charge is -2.19. The number of carbonyl (C=O) groups excluding carboxylic acids is 1. The van der Waals surface area contributed by atoms with Crippen LogP contribution in [0.5, 0.6) is 0 Å². The summed E-state index contributed by atoms with van der Waals surface area (Å²) >= 11 is 0. The number of rotatable bonds is 11. The molecule has 0 aliphatic carbocycles. The molecular formula is C14H30N2O3. The van der Waals surface area contributed by atoms with Gasteiger partial charge in [-0.05, 0) is 19.8 Å². The number of nitrogens with zero attached hydrogens (tertiary/aromatic N) is 1. The molecule has 0 aromatic carbocycles. The molecule has 5 heteroatoms. The summed E-state index contributed by atoms with van der Waals surface area (Å²) in [6, 6.07) is 0. The molecule has 0 heterocycles. The lowest BCUT2D eigenvalue weighted by molar-refractivity contribution is -0.130. The molecule has 0 aromatic heterocycles. The molecule has 0 radical (unpaired) electrons. The molecule has 19 heavy (non-hydrogen) atoms. The van der Waals surface area contributed by atoms with Crippen molar-refractivity contribution in [2.45, 2.75) is 40.2 Å². The highest BCUT2D eigenvalue weighted by molar-refractivity contribution is 5.76. The average Bonchev–Trinajstić information content (AvgIpc) is 2.35. The van der Waals surface area contributed by atoms with Gasteiger partial charge in [-0.3, -0.25) is 4.79 Å². The van der Waals surface area contributed by atoms with Crippen molar-refractivity contribution in [3.8, 4) is 0 Å². The van der Waals surface area contributed by atoms with Crippen molar-refractivity contribution in [3.63, 3.8) is 0 Å². The standard InChI is InChI=1S/C14H30N2O3/c1-5-16(6-2)14(18)7-8-15-9-13(17)11-19-10-12(3)4/h12-13,15,17H,5-11H2,1-4H3. The molecule has 0 rings (SSSR count). The van der Waals surface area contributed by atoms with Crippen LogP contribution in [0.3, 0.4) is 0 Å². The van der Waals surface area contributed by atoms with Crippen LogP contribution in [0.1, 0.15) is 34.1 Å². The fourth-order valence-electron chi connectivity index (χ4n) is 1.70. The lowest BCUT2D eigenvalue weighted by atomic mass is 10.2. The van der Waals surface area contributed by atoms with Crippen LogP contribution in [0.2, 0.25) is 0 Å². The minimum Gasteiger partial charge on any atom is -0.389 e. The van der Waals surface area contributed by atoms with Crippen LogP contribution in [-0.4, -0.2) is 61.4 Å². The van der Waals surface area contributed by atoms with Gasteiger partial charge in [0.05, 0.1) is 12.7 Å². The van der Waals surface area contributed by atoms with Gasteiger partial charge < -0.3 is 20.1 Å². The number of aliphatic hydroxyl groups excluding tert-OH is 1. The number of nitrogens with one attached hydrogen (secondary N) is 1. The van der Waals surface area contributed by atoms with Gasteiger partial charge in [-0.15, -0.1) is 0 Å². The van der Waals surface area contributed by atoms with Crippen LogP contribution < -0.4 is 5.32 Å². The Labute approximate surface area is 117 Å². The van der Waals surface area contributed by atoms with E-state index in [1.54, 1.807) is 0 Å². The van der Waals surface area contributed by atoms with Crippen LogP contribution in [0.15, 0.2) is 0 Å². The van der Waals surface area contributed by atoms with Gasteiger partial charge in [-0.25, -0.2) is 0 Å². The summed E-state index contributed by atoms with van der Waals surface area (Å²) in [7, 11) is 0. The summed E-state index contributed by atoms with van der Waals surface area (Å²) in [6.45, 7) is 11.7. The molecule has 0 saturated carbocycles. The summed E-state index contributed by atoms with van der Waals surface area (Å²) in [5, 5.41) is 12.7. The van der Waals surface area contributed by atoms with E-state index in [1.807, 2.05) is 18.7 Å². The SMILES string of the molecule is CCN(CC)C(=O)CCNCC(O)COCC(C)C. The smallest absolute Gasteiger partial charge is 0.223 e. The highest BCUT2D eigenvalue weighted by Gasteiger charge is 2.09. The van der Waals surface area contributed by atoms with E-state index in [-0.39, 0.29) is 5.91 Å². The summed E-state index contributed by atoms with van der Waals surface area (Å²) in [4.78, 5) is 13.5. The molecule has 0 saturated heterocycles. The van der Waals surface area contributed by atoms with Gasteiger partial charge in [-0.1, -0.05) is 13.8 Å². The zero-order chi connectivity index (χ0) is 14.7. The van der Waals surface area contributed by atoms with Gasteiger partial charge in [-0.2, -0.15) is 0 Å². The molecule has 2 N–H and O–H groups in total. The number of ether oxygens (including phenoxy) is 1. The first-order valence-electron chi connectivity index (χ1n) is 7.25. The first-order chi connectivity index (χ1) is 9.01. The second-order valence-electron chi connectivity index (χ2n) is 5.11. The normalized spacial score (nSPS) is 12.7. The van der Waals surface area contributed by atoms with Crippen molar-refractivity contribution in [3.05, 3.63) is 0 Å². The van der Waals surface area contributed by atoms with E-state index in [4.69, 9.17) is 4.74 Å². The predicted octanol–water partition coefficient (Wildman–Crippen LogP) is 0.868. The summed E-state index contributed by atoms with van der Waals surface area (Å²) in [6.07, 6.45) is -0.0383. The molecular weight excluding hydrogens is 244 g/mol. The molecule has 0 aromatic rings. The third kappa shape index (κ3) is 9.87. The maximum absolute atomic E-state index is 11.7. The molecule has 0 bridgehead atoms. The van der Waals surface area contributed by atoms with Crippen molar-refractivity contribution in [1.82, 2.24) is 10.2 Å². The minimum atomic E-state index is -0.512. The van der Waals surface area contributed by atoms with E-state index in [9.17, 15) is 9.90 Å². The first kappa shape index (κ1) is 18.4. The maximum atomic E-state index is 11.7. The monoisotopic (exact) mass is 274 g/mol. The molecule has 0 aliphatic rings. The summed E-state index contributed by atoms with van der Waals surface area (Å²) in [5.74, 6) is 0.634. The predicted molar refractivity (Wildman–Crippen MR) is 77.1 cm³/mol. The third-order valence-electron chi connectivity index (χ3n) is 2.77. The maximum Gasteiger partial charge on any atom is 0.223 e. The van der Waals surface area contributed by atoms with Gasteiger partial charge in [0.2, 0.25) is 5.91 Å². The van der Waals surface area contributed by atoms with Gasteiger partial charge in [0.1, 0.15) is 0 Å². The van der Waals surface area contributed by atoms with Gasteiger partial charge in [0.25, 0.3) is 0 Å². The Morgan fingerprint density at radius 2 is 1.89 bits per heavy atom. The summed E-state index contributed by atoms with van der Waals surface area (Å²) < 4.78 is 5.34. The Morgan fingerprint density at radius 1 is 1.26 bits per heavy atom. The second-order valence-corrected chi connectivity index (χ2v) is 5.11. The van der Waals surface area contributed by atoms with Crippen LogP contribution >= 0.6 is 0 Å². The topological polar surface area (TPSA) is 61.8 Å². The largest absolute Gasteiger partial charge is 0.389 e. The number of amides is 1. The Kier molecular flexibility index (Phi) is 10.8. The van der Waals surface area contributed by atoms with Gasteiger partial charge in [0.15, 0.2) is 0 Å². The van der Waals surface area contributed by atoms with E-state index in [0.29, 0.717) is 38.6 Å². The van der Waals surface area contributed by atoms with Crippen molar-refractivity contribution in [2.24, 2.45) is 5.92 Å². The molecule has 1 amide bonds. The molecule has 5 nitrogen and oxygen atoms in total. The molecule has 1 unspecified atom stereocenters. The minimum absolute atomic E-state index is 0.156. The molecule has 114 valence electrons. The fraction of sp³-hybridized carbons (Fsp3) is 0.929. The van der Waals surface area contributed by atoms with E-state index in [2.05, 4.69) is 19.2 Å². The Balaban J connectivity index is 3.55. The highest BCUT2D eigenvalue weighted by Crippen LogP contribution is 1.95. The van der Waals surface area contributed by atoms with E-state index >= 15 is 0 Å². The molecule has 0 fully saturated rings. The molecule has 0 spiro atoms. The number of carbonyl (C=O) groups is 1. The zero-order valence-electron chi connectivity index (χ0n) is 12.8. The zero-order valence-corrected chi connectivity index (χ0v) is 12.8. The van der Waals surface area contributed by atoms with Crippen molar-refractivity contribution in [1.29, 1.82) is 0 Å². The summed E-state index contributed by atoms with van der Waals surface area (Å²) in [5.41, 5.74) is 0. The average molecular weight is 274 g/mol. The van der Waals surface area contributed by atoms with Gasteiger partial charge in [0, 0.05) is 39.2 Å². The highest BCUT2D eigenvalue weighted by atomic mass is 16.5. The Hall–Kier alpha value is -0.650. The van der Waals surface area contributed by atoms with Crippen molar-refractivity contribution in [2.75, 3.05) is 39.4 Å². The van der Waals surface area contributed by atoms with Crippen LogP contribution in [0, 0.1) is 5.92 Å². The molecule has 1 atom stereocenters. The van der Waals surface area contributed by atoms with Crippen molar-refractivity contribution < 1.29 is 14.6 Å². The van der Waals surface area contributed by atoms with E-state index < -0.39 is 6.10 Å². The fourth-order valence-corrected chi connectivity index (χ4v) is 1.70. The lowest BCUT2D eigenvalue weighted by Crippen LogP contribution is -2.35.